The van der Waals surface area contributed by atoms with Crippen molar-refractivity contribution in [2.45, 2.75) is 0 Å². The highest BCUT2D eigenvalue weighted by Crippen LogP contribution is 2.38. The summed E-state index contributed by atoms with van der Waals surface area (Å²) in [5, 5.41) is 5.02. The average Bonchev–Trinajstić information content (AvgIpc) is 3.35. The second kappa shape index (κ2) is 17.6. The lowest BCUT2D eigenvalue weighted by atomic mass is 10.0. The molecule has 0 bridgehead atoms. The first-order valence-electron chi connectivity index (χ1n) is 21.2. The van der Waals surface area contributed by atoms with Crippen LogP contribution >= 0.6 is 0 Å². The van der Waals surface area contributed by atoms with Crippen LogP contribution in [0.2, 0.25) is 0 Å². The van der Waals surface area contributed by atoms with Gasteiger partial charge in [-0.2, -0.15) is 0 Å². The van der Waals surface area contributed by atoms with Gasteiger partial charge >= 0.3 is 0 Å². The van der Waals surface area contributed by atoms with Crippen LogP contribution in [-0.2, 0) is 0 Å². The fourth-order valence-corrected chi connectivity index (χ4v) is 8.29. The molecule has 0 spiro atoms. The van der Waals surface area contributed by atoms with E-state index in [9.17, 15) is 0 Å². The minimum absolute atomic E-state index is 1.10. The zero-order valence-electron chi connectivity index (χ0n) is 34.3. The maximum atomic E-state index is 2.31. The van der Waals surface area contributed by atoms with Crippen LogP contribution < -0.4 is 9.80 Å². The summed E-state index contributed by atoms with van der Waals surface area (Å²) >= 11 is 0. The van der Waals surface area contributed by atoms with Crippen molar-refractivity contribution in [3.8, 4) is 11.1 Å². The van der Waals surface area contributed by atoms with E-state index >= 15 is 0 Å². The number of fused-ring (bicyclic) bond motifs is 2. The zero-order valence-corrected chi connectivity index (χ0v) is 34.3. The van der Waals surface area contributed by atoms with Gasteiger partial charge in [-0.15, -0.1) is 0 Å². The number of hydrogen-bond donors (Lipinski definition) is 0. The van der Waals surface area contributed by atoms with Crippen molar-refractivity contribution in [2.24, 2.45) is 0 Å². The largest absolute Gasteiger partial charge is 0.311 e. The van der Waals surface area contributed by atoms with Crippen LogP contribution in [0.25, 0.3) is 57.0 Å². The molecule has 0 aromatic heterocycles. The molecule has 0 N–H and O–H groups in total. The first kappa shape index (κ1) is 38.0. The van der Waals surface area contributed by atoms with E-state index in [2.05, 4.69) is 277 Å². The summed E-state index contributed by atoms with van der Waals surface area (Å²) < 4.78 is 0. The van der Waals surface area contributed by atoms with Gasteiger partial charge in [0.25, 0.3) is 0 Å². The van der Waals surface area contributed by atoms with Crippen LogP contribution in [0.1, 0.15) is 22.3 Å². The summed E-state index contributed by atoms with van der Waals surface area (Å²) in [4.78, 5) is 4.63. The van der Waals surface area contributed by atoms with Crippen LogP contribution in [0, 0.1) is 0 Å². The molecular weight excluding hydrogens is 749 g/mol. The third-order valence-electron chi connectivity index (χ3n) is 11.5. The molecular formula is C60H44N2. The molecule has 0 unspecified atom stereocenters. The third kappa shape index (κ3) is 8.18. The normalized spacial score (nSPS) is 11.4. The predicted octanol–water partition coefficient (Wildman–Crippen LogP) is 16.9. The molecule has 10 aromatic rings. The van der Waals surface area contributed by atoms with E-state index in [0.717, 1.165) is 56.4 Å². The highest BCUT2D eigenvalue weighted by molar-refractivity contribution is 5.94. The van der Waals surface area contributed by atoms with Gasteiger partial charge in [-0.05, 0) is 128 Å². The van der Waals surface area contributed by atoms with Crippen molar-refractivity contribution in [3.05, 3.63) is 265 Å². The fourth-order valence-electron chi connectivity index (χ4n) is 8.29. The summed E-state index contributed by atoms with van der Waals surface area (Å²) in [6, 6.07) is 86.5. The molecule has 0 saturated heterocycles. The Labute approximate surface area is 364 Å². The summed E-state index contributed by atoms with van der Waals surface area (Å²) in [6.07, 6.45) is 8.81. The molecule has 2 heteroatoms. The second-order valence-electron chi connectivity index (χ2n) is 15.4. The quantitative estimate of drug-likeness (QED) is 0.120. The number of nitrogens with zero attached hydrogens (tertiary/aromatic N) is 2. The molecule has 0 saturated carbocycles. The molecule has 0 heterocycles. The van der Waals surface area contributed by atoms with Crippen LogP contribution in [-0.4, -0.2) is 0 Å². The first-order chi connectivity index (χ1) is 30.7. The Morgan fingerprint density at radius 3 is 0.919 bits per heavy atom. The zero-order chi connectivity index (χ0) is 41.5. The van der Waals surface area contributed by atoms with Gasteiger partial charge in [0.1, 0.15) is 0 Å². The minimum atomic E-state index is 1.10. The van der Waals surface area contributed by atoms with E-state index in [1.807, 2.05) is 0 Å². The van der Waals surface area contributed by atoms with E-state index in [4.69, 9.17) is 0 Å². The van der Waals surface area contributed by atoms with Gasteiger partial charge in [0, 0.05) is 34.1 Å². The summed E-state index contributed by atoms with van der Waals surface area (Å²) in [5.41, 5.74) is 13.7. The fraction of sp³-hybridized carbons (Fsp3) is 0. The number of benzene rings is 10. The van der Waals surface area contributed by atoms with Crippen molar-refractivity contribution in [1.29, 1.82) is 0 Å². The van der Waals surface area contributed by atoms with Crippen LogP contribution in [0.5, 0.6) is 0 Å². The van der Waals surface area contributed by atoms with Crippen LogP contribution in [0.15, 0.2) is 243 Å². The molecule has 62 heavy (non-hydrogen) atoms. The van der Waals surface area contributed by atoms with E-state index < -0.39 is 0 Å². The van der Waals surface area contributed by atoms with Crippen LogP contribution in [0.4, 0.5) is 34.1 Å². The van der Waals surface area contributed by atoms with Gasteiger partial charge in [-0.25, -0.2) is 0 Å². The lowest BCUT2D eigenvalue weighted by Crippen LogP contribution is -2.10. The molecule has 294 valence electrons. The Balaban J connectivity index is 0.888. The lowest BCUT2D eigenvalue weighted by molar-refractivity contribution is 1.28. The third-order valence-corrected chi connectivity index (χ3v) is 11.5. The number of para-hydroxylation sites is 2. The van der Waals surface area contributed by atoms with E-state index in [1.54, 1.807) is 0 Å². The average molecular weight is 793 g/mol. The maximum absolute atomic E-state index is 2.31. The second-order valence-corrected chi connectivity index (χ2v) is 15.4. The molecule has 0 aliphatic heterocycles. The highest BCUT2D eigenvalue weighted by atomic mass is 15.1. The monoisotopic (exact) mass is 792 g/mol. The van der Waals surface area contributed by atoms with Gasteiger partial charge < -0.3 is 9.80 Å². The molecule has 0 aliphatic rings. The highest BCUT2D eigenvalue weighted by Gasteiger charge is 2.15. The Hall–Kier alpha value is -8.20. The molecule has 2 nitrogen and oxygen atoms in total. The van der Waals surface area contributed by atoms with E-state index in [0.29, 0.717) is 0 Å². The molecule has 10 aromatic carbocycles. The van der Waals surface area contributed by atoms with Crippen molar-refractivity contribution in [1.82, 2.24) is 0 Å². The summed E-state index contributed by atoms with van der Waals surface area (Å²) in [5.74, 6) is 0. The van der Waals surface area contributed by atoms with Gasteiger partial charge in [-0.1, -0.05) is 194 Å². The van der Waals surface area contributed by atoms with Crippen LogP contribution in [0.3, 0.4) is 0 Å². The molecule has 0 atom stereocenters. The van der Waals surface area contributed by atoms with Gasteiger partial charge in [0.2, 0.25) is 0 Å². The topological polar surface area (TPSA) is 6.48 Å². The molecule has 0 aliphatic carbocycles. The predicted molar refractivity (Wildman–Crippen MR) is 267 cm³/mol. The minimum Gasteiger partial charge on any atom is -0.311 e. The smallest absolute Gasteiger partial charge is 0.0462 e. The first-order valence-corrected chi connectivity index (χ1v) is 21.2. The number of anilines is 6. The van der Waals surface area contributed by atoms with Crippen molar-refractivity contribution < 1.29 is 0 Å². The Kier molecular flexibility index (Phi) is 10.8. The van der Waals surface area contributed by atoms with Crippen molar-refractivity contribution in [2.75, 3.05) is 9.80 Å². The Morgan fingerprint density at radius 2 is 0.532 bits per heavy atom. The SMILES string of the molecule is C(=C\c1cccc2ccccc12)/c1ccc(N(c2ccccc2)c2ccc(-c3ccc(N(c4ccccc4)c4ccc(/C=C/c5cccc6ccccc56)cc4)cc3)cc2)cc1. The standard InChI is InChI=1S/C60H44N2/c1-3-19-53(20-4-1)61(55-37-27-45(28-38-55)25-31-51-17-11-15-49-13-7-9-23-59(49)51)57-41-33-47(34-42-57)48-35-43-58(44-36-48)62(54-21-5-2-6-22-54)56-39-29-46(30-40-56)26-32-52-18-12-16-50-14-8-10-24-60(50)52/h1-44H/b31-25+,32-26+. The van der Waals surface area contributed by atoms with Gasteiger partial charge in [0.15, 0.2) is 0 Å². The lowest BCUT2D eigenvalue weighted by Gasteiger charge is -2.26. The number of rotatable bonds is 11. The van der Waals surface area contributed by atoms with E-state index in [1.165, 1.54) is 32.7 Å². The molecule has 0 fully saturated rings. The maximum Gasteiger partial charge on any atom is 0.0462 e. The van der Waals surface area contributed by atoms with Gasteiger partial charge in [0.05, 0.1) is 0 Å². The Morgan fingerprint density at radius 1 is 0.226 bits per heavy atom. The van der Waals surface area contributed by atoms with Crippen molar-refractivity contribution in [3.63, 3.8) is 0 Å². The Bertz CT molecular complexity index is 2900. The summed E-state index contributed by atoms with van der Waals surface area (Å²) in [7, 11) is 0. The molecule has 10 rings (SSSR count). The molecule has 0 amide bonds. The molecule has 0 radical (unpaired) electrons. The van der Waals surface area contributed by atoms with Crippen molar-refractivity contribution >= 4 is 80.0 Å². The number of hydrogen-bond acceptors (Lipinski definition) is 2. The van der Waals surface area contributed by atoms with Gasteiger partial charge in [-0.3, -0.25) is 0 Å². The van der Waals surface area contributed by atoms with E-state index in [-0.39, 0.29) is 0 Å². The summed E-state index contributed by atoms with van der Waals surface area (Å²) in [6.45, 7) is 0.